The Morgan fingerprint density at radius 2 is 1.90 bits per heavy atom. The number of methoxy groups -OCH3 is 1. The first-order valence-corrected chi connectivity index (χ1v) is 7.27. The van der Waals surface area contributed by atoms with E-state index in [1.54, 1.807) is 7.11 Å². The van der Waals surface area contributed by atoms with Crippen LogP contribution in [-0.4, -0.2) is 39.3 Å². The van der Waals surface area contributed by atoms with E-state index < -0.39 is 0 Å². The number of hydrogen-bond donors (Lipinski definition) is 2. The summed E-state index contributed by atoms with van der Waals surface area (Å²) in [6.45, 7) is 8.90. The molecule has 0 fully saturated rings. The zero-order valence-corrected chi connectivity index (χ0v) is 13.4. The maximum atomic E-state index is 11.6. The molecule has 0 aliphatic heterocycles. The van der Waals surface area contributed by atoms with Gasteiger partial charge >= 0.3 is 0 Å². The standard InChI is InChI=1S/C16H26N2O3/c1-5-17-10-14-8-12(2)16(13(3)9-14)21-11-15(19)18-6-7-20-4/h8-9,17H,5-7,10-11H2,1-4H3,(H,18,19). The Morgan fingerprint density at radius 3 is 2.48 bits per heavy atom. The number of carbonyl (C=O) groups is 1. The molecule has 1 rings (SSSR count). The van der Waals surface area contributed by atoms with Gasteiger partial charge in [0.2, 0.25) is 0 Å². The Balaban J connectivity index is 2.57. The molecule has 0 heterocycles. The fourth-order valence-corrected chi connectivity index (χ4v) is 2.12. The van der Waals surface area contributed by atoms with Crippen LogP contribution in [-0.2, 0) is 16.1 Å². The van der Waals surface area contributed by atoms with E-state index in [9.17, 15) is 4.79 Å². The highest BCUT2D eigenvalue weighted by Crippen LogP contribution is 2.24. The molecule has 0 radical (unpaired) electrons. The number of ether oxygens (including phenoxy) is 2. The van der Waals surface area contributed by atoms with Crippen molar-refractivity contribution in [2.45, 2.75) is 27.3 Å². The summed E-state index contributed by atoms with van der Waals surface area (Å²) in [5.74, 6) is 0.653. The summed E-state index contributed by atoms with van der Waals surface area (Å²) in [4.78, 5) is 11.6. The minimum Gasteiger partial charge on any atom is -0.483 e. The maximum absolute atomic E-state index is 11.6. The van der Waals surface area contributed by atoms with E-state index in [0.29, 0.717) is 13.2 Å². The molecule has 118 valence electrons. The Morgan fingerprint density at radius 1 is 1.24 bits per heavy atom. The molecule has 0 spiro atoms. The van der Waals surface area contributed by atoms with Crippen LogP contribution in [0.5, 0.6) is 5.75 Å². The normalized spacial score (nSPS) is 10.5. The second-order valence-corrected chi connectivity index (χ2v) is 4.97. The third-order valence-electron chi connectivity index (χ3n) is 3.08. The van der Waals surface area contributed by atoms with E-state index in [2.05, 4.69) is 29.7 Å². The lowest BCUT2D eigenvalue weighted by Crippen LogP contribution is -2.31. The highest BCUT2D eigenvalue weighted by molar-refractivity contribution is 5.77. The van der Waals surface area contributed by atoms with Gasteiger partial charge in [0.1, 0.15) is 5.75 Å². The van der Waals surface area contributed by atoms with Gasteiger partial charge in [-0.05, 0) is 37.1 Å². The zero-order chi connectivity index (χ0) is 15.7. The number of amides is 1. The molecule has 0 saturated heterocycles. The number of nitrogens with one attached hydrogen (secondary N) is 2. The molecule has 1 aromatic rings. The van der Waals surface area contributed by atoms with Gasteiger partial charge in [-0.3, -0.25) is 4.79 Å². The Bertz CT molecular complexity index is 438. The molecule has 0 unspecified atom stereocenters. The lowest BCUT2D eigenvalue weighted by atomic mass is 10.1. The summed E-state index contributed by atoms with van der Waals surface area (Å²) in [5, 5.41) is 6.03. The number of benzene rings is 1. The summed E-state index contributed by atoms with van der Waals surface area (Å²) >= 11 is 0. The molecule has 0 aliphatic carbocycles. The van der Waals surface area contributed by atoms with Crippen molar-refractivity contribution in [2.24, 2.45) is 0 Å². The minimum atomic E-state index is -0.137. The van der Waals surface area contributed by atoms with Gasteiger partial charge in [0.05, 0.1) is 6.61 Å². The number of carbonyl (C=O) groups excluding carboxylic acids is 1. The summed E-state index contributed by atoms with van der Waals surface area (Å²) < 4.78 is 10.5. The third kappa shape index (κ3) is 6.14. The van der Waals surface area contributed by atoms with Crippen LogP contribution in [0.1, 0.15) is 23.6 Å². The molecule has 0 atom stereocenters. The second kappa shape index (κ2) is 9.37. The van der Waals surface area contributed by atoms with Crippen molar-refractivity contribution >= 4 is 5.91 Å². The number of rotatable bonds is 9. The molecule has 1 aromatic carbocycles. The van der Waals surface area contributed by atoms with Crippen molar-refractivity contribution in [3.8, 4) is 5.75 Å². The van der Waals surface area contributed by atoms with Gasteiger partial charge in [0.15, 0.2) is 6.61 Å². The van der Waals surface area contributed by atoms with Crippen LogP contribution in [0.15, 0.2) is 12.1 Å². The minimum absolute atomic E-state index is 0.0257. The van der Waals surface area contributed by atoms with Crippen LogP contribution in [0.3, 0.4) is 0 Å². The fraction of sp³-hybridized carbons (Fsp3) is 0.562. The molecule has 0 aliphatic rings. The molecule has 5 nitrogen and oxygen atoms in total. The molecule has 0 bridgehead atoms. The molecule has 21 heavy (non-hydrogen) atoms. The summed E-state index contributed by atoms with van der Waals surface area (Å²) in [6, 6.07) is 4.18. The van der Waals surface area contributed by atoms with Crippen LogP contribution in [0, 0.1) is 13.8 Å². The van der Waals surface area contributed by atoms with Crippen LogP contribution >= 0.6 is 0 Å². The summed E-state index contributed by atoms with van der Waals surface area (Å²) in [7, 11) is 1.60. The van der Waals surface area contributed by atoms with Crippen molar-refractivity contribution in [3.05, 3.63) is 28.8 Å². The Labute approximate surface area is 127 Å². The number of hydrogen-bond acceptors (Lipinski definition) is 4. The summed E-state index contributed by atoms with van der Waals surface area (Å²) in [5.41, 5.74) is 3.32. The number of aryl methyl sites for hydroxylation is 2. The van der Waals surface area contributed by atoms with E-state index >= 15 is 0 Å². The van der Waals surface area contributed by atoms with Gasteiger partial charge < -0.3 is 20.1 Å². The second-order valence-electron chi connectivity index (χ2n) is 4.97. The van der Waals surface area contributed by atoms with E-state index in [1.807, 2.05) is 13.8 Å². The summed E-state index contributed by atoms with van der Waals surface area (Å²) in [6.07, 6.45) is 0. The molecular weight excluding hydrogens is 268 g/mol. The van der Waals surface area contributed by atoms with Gasteiger partial charge in [-0.25, -0.2) is 0 Å². The SMILES string of the molecule is CCNCc1cc(C)c(OCC(=O)NCCOC)c(C)c1. The van der Waals surface area contributed by atoms with Crippen LogP contribution in [0.4, 0.5) is 0 Å². The van der Waals surface area contributed by atoms with Crippen molar-refractivity contribution < 1.29 is 14.3 Å². The van der Waals surface area contributed by atoms with Gasteiger partial charge in [0.25, 0.3) is 5.91 Å². The van der Waals surface area contributed by atoms with Crippen molar-refractivity contribution in [1.82, 2.24) is 10.6 Å². The topological polar surface area (TPSA) is 59.6 Å². The fourth-order valence-electron chi connectivity index (χ4n) is 2.12. The van der Waals surface area contributed by atoms with Gasteiger partial charge in [-0.15, -0.1) is 0 Å². The molecule has 0 aromatic heterocycles. The third-order valence-corrected chi connectivity index (χ3v) is 3.08. The predicted octanol–water partition coefficient (Wildman–Crippen LogP) is 1.55. The largest absolute Gasteiger partial charge is 0.483 e. The van der Waals surface area contributed by atoms with Crippen LogP contribution in [0.2, 0.25) is 0 Å². The first-order chi connectivity index (χ1) is 10.1. The lowest BCUT2D eigenvalue weighted by Gasteiger charge is -2.14. The quantitative estimate of drug-likeness (QED) is 0.679. The van der Waals surface area contributed by atoms with E-state index in [1.165, 1.54) is 5.56 Å². The zero-order valence-electron chi connectivity index (χ0n) is 13.4. The molecule has 2 N–H and O–H groups in total. The van der Waals surface area contributed by atoms with Gasteiger partial charge in [-0.1, -0.05) is 19.1 Å². The van der Waals surface area contributed by atoms with Crippen molar-refractivity contribution in [2.75, 3.05) is 33.4 Å². The van der Waals surface area contributed by atoms with Gasteiger partial charge in [-0.2, -0.15) is 0 Å². The smallest absolute Gasteiger partial charge is 0.258 e. The lowest BCUT2D eigenvalue weighted by molar-refractivity contribution is -0.123. The van der Waals surface area contributed by atoms with Crippen molar-refractivity contribution in [1.29, 1.82) is 0 Å². The first-order valence-electron chi connectivity index (χ1n) is 7.27. The molecule has 0 saturated carbocycles. The highest BCUT2D eigenvalue weighted by Gasteiger charge is 2.09. The van der Waals surface area contributed by atoms with Crippen LogP contribution < -0.4 is 15.4 Å². The maximum Gasteiger partial charge on any atom is 0.258 e. The molecule has 1 amide bonds. The monoisotopic (exact) mass is 294 g/mol. The highest BCUT2D eigenvalue weighted by atomic mass is 16.5. The van der Waals surface area contributed by atoms with E-state index in [-0.39, 0.29) is 12.5 Å². The first kappa shape index (κ1) is 17.5. The Kier molecular flexibility index (Phi) is 7.79. The van der Waals surface area contributed by atoms with Crippen molar-refractivity contribution in [3.63, 3.8) is 0 Å². The molecule has 5 heteroatoms. The van der Waals surface area contributed by atoms with Gasteiger partial charge in [0, 0.05) is 20.2 Å². The average molecular weight is 294 g/mol. The Hall–Kier alpha value is -1.59. The molecular formula is C16H26N2O3. The van der Waals surface area contributed by atoms with E-state index in [4.69, 9.17) is 9.47 Å². The average Bonchev–Trinajstić information content (AvgIpc) is 2.44. The predicted molar refractivity (Wildman–Crippen MR) is 83.7 cm³/mol. The van der Waals surface area contributed by atoms with E-state index in [0.717, 1.165) is 30.0 Å². The van der Waals surface area contributed by atoms with Crippen LogP contribution in [0.25, 0.3) is 0 Å².